The van der Waals surface area contributed by atoms with Crippen molar-refractivity contribution in [1.82, 2.24) is 0 Å². The maximum Gasteiger partial charge on any atom is 0.311 e. The molecule has 0 aliphatic rings. The number of nitro benzene ring substituents is 1. The van der Waals surface area contributed by atoms with Crippen molar-refractivity contribution in [2.24, 2.45) is 0 Å². The van der Waals surface area contributed by atoms with Gasteiger partial charge >= 0.3 is 5.69 Å². The van der Waals surface area contributed by atoms with E-state index >= 15 is 0 Å². The summed E-state index contributed by atoms with van der Waals surface area (Å²) in [7, 11) is 0. The first-order chi connectivity index (χ1) is 5.75. The summed E-state index contributed by atoms with van der Waals surface area (Å²) < 4.78 is 16.1. The zero-order valence-electron chi connectivity index (χ0n) is 6.07. The lowest BCUT2D eigenvalue weighted by atomic mass is 10.3. The number of halogens is 1. The Balaban J connectivity index is 3.00. The molecule has 1 aromatic rings. The fourth-order valence-corrected chi connectivity index (χ4v) is 0.789. The third-order valence-corrected chi connectivity index (χ3v) is 1.27. The Kier molecular flexibility index (Phi) is 2.57. The molecular weight excluding hydrogens is 165 g/mol. The van der Waals surface area contributed by atoms with Crippen molar-refractivity contribution in [1.29, 1.82) is 0 Å². The molecule has 4 nitrogen and oxygen atoms in total. The van der Waals surface area contributed by atoms with Crippen LogP contribution in [0, 0.1) is 10.1 Å². The number of benzene rings is 1. The molecule has 1 aromatic carbocycles. The fourth-order valence-electron chi connectivity index (χ4n) is 0.789. The smallest absolute Gasteiger partial charge is 0.311 e. The van der Waals surface area contributed by atoms with E-state index in [9.17, 15) is 14.5 Å². The molecule has 0 bridgehead atoms. The molecule has 0 spiro atoms. The zero-order chi connectivity index (χ0) is 8.97. The summed E-state index contributed by atoms with van der Waals surface area (Å²) in [6, 6.07) is 5.63. The van der Waals surface area contributed by atoms with E-state index in [1.165, 1.54) is 24.3 Å². The van der Waals surface area contributed by atoms with Crippen LogP contribution in [0.2, 0.25) is 0 Å². The first-order valence-corrected chi connectivity index (χ1v) is 3.18. The molecule has 0 saturated carbocycles. The van der Waals surface area contributed by atoms with Crippen molar-refractivity contribution in [2.45, 2.75) is 0 Å². The Morgan fingerprint density at radius 3 is 2.75 bits per heavy atom. The van der Waals surface area contributed by atoms with Crippen molar-refractivity contribution in [3.8, 4) is 5.75 Å². The van der Waals surface area contributed by atoms with Crippen molar-refractivity contribution in [2.75, 3.05) is 6.86 Å². The molecular formula is C7H6FNO3. The van der Waals surface area contributed by atoms with Crippen LogP contribution in [-0.2, 0) is 0 Å². The van der Waals surface area contributed by atoms with E-state index in [0.717, 1.165) is 0 Å². The van der Waals surface area contributed by atoms with Crippen LogP contribution in [0.4, 0.5) is 10.1 Å². The molecule has 0 unspecified atom stereocenters. The predicted molar refractivity (Wildman–Crippen MR) is 39.7 cm³/mol. The van der Waals surface area contributed by atoms with Gasteiger partial charge in [-0.05, 0) is 6.07 Å². The van der Waals surface area contributed by atoms with Gasteiger partial charge in [-0.3, -0.25) is 10.1 Å². The van der Waals surface area contributed by atoms with Crippen LogP contribution in [-0.4, -0.2) is 11.8 Å². The van der Waals surface area contributed by atoms with Gasteiger partial charge in [-0.15, -0.1) is 0 Å². The molecule has 0 heterocycles. The van der Waals surface area contributed by atoms with Gasteiger partial charge in [-0.2, -0.15) is 0 Å². The van der Waals surface area contributed by atoms with E-state index in [1.54, 1.807) is 0 Å². The van der Waals surface area contributed by atoms with Gasteiger partial charge in [0.05, 0.1) is 4.92 Å². The van der Waals surface area contributed by atoms with E-state index in [1.807, 2.05) is 0 Å². The van der Waals surface area contributed by atoms with Crippen LogP contribution in [0.5, 0.6) is 5.75 Å². The summed E-state index contributed by atoms with van der Waals surface area (Å²) in [5.74, 6) is -0.0509. The largest absolute Gasteiger partial charge is 0.456 e. The monoisotopic (exact) mass is 171 g/mol. The standard InChI is InChI=1S/C7H6FNO3/c8-5-12-7-4-2-1-3-6(7)9(10)11/h1-4H,5H2. The second kappa shape index (κ2) is 3.66. The average molecular weight is 171 g/mol. The van der Waals surface area contributed by atoms with Crippen LogP contribution in [0.3, 0.4) is 0 Å². The number of alkyl halides is 1. The number of hydrogen-bond acceptors (Lipinski definition) is 3. The highest BCUT2D eigenvalue weighted by Crippen LogP contribution is 2.25. The highest BCUT2D eigenvalue weighted by molar-refractivity contribution is 5.45. The number of nitrogens with zero attached hydrogens (tertiary/aromatic N) is 1. The Morgan fingerprint density at radius 1 is 1.50 bits per heavy atom. The number of rotatable bonds is 3. The maximum absolute atomic E-state index is 11.7. The van der Waals surface area contributed by atoms with Gasteiger partial charge in [0.2, 0.25) is 6.86 Å². The van der Waals surface area contributed by atoms with Gasteiger partial charge in [-0.1, -0.05) is 12.1 Å². The van der Waals surface area contributed by atoms with Gasteiger partial charge in [0.15, 0.2) is 5.75 Å². The number of nitro groups is 1. The van der Waals surface area contributed by atoms with Crippen molar-refractivity contribution in [3.05, 3.63) is 34.4 Å². The lowest BCUT2D eigenvalue weighted by Crippen LogP contribution is -1.95. The molecule has 5 heteroatoms. The second-order valence-corrected chi connectivity index (χ2v) is 1.98. The van der Waals surface area contributed by atoms with Crippen molar-refractivity contribution >= 4 is 5.69 Å². The average Bonchev–Trinajstić information content (AvgIpc) is 2.05. The zero-order valence-corrected chi connectivity index (χ0v) is 6.07. The SMILES string of the molecule is O=[N+]([O-])c1ccccc1OCF. The van der Waals surface area contributed by atoms with Crippen molar-refractivity contribution in [3.63, 3.8) is 0 Å². The van der Waals surface area contributed by atoms with Crippen LogP contribution in [0.25, 0.3) is 0 Å². The quantitative estimate of drug-likeness (QED) is 0.515. The third-order valence-electron chi connectivity index (χ3n) is 1.27. The third kappa shape index (κ3) is 1.69. The molecule has 0 aliphatic heterocycles. The topological polar surface area (TPSA) is 52.4 Å². The molecule has 12 heavy (non-hydrogen) atoms. The number of ether oxygens (including phenoxy) is 1. The van der Waals surface area contributed by atoms with Crippen LogP contribution < -0.4 is 4.74 Å². The molecule has 0 amide bonds. The second-order valence-electron chi connectivity index (χ2n) is 1.98. The Labute approximate surface area is 67.7 Å². The summed E-state index contributed by atoms with van der Waals surface area (Å²) >= 11 is 0. The van der Waals surface area contributed by atoms with E-state index in [-0.39, 0.29) is 11.4 Å². The van der Waals surface area contributed by atoms with Crippen LogP contribution >= 0.6 is 0 Å². The molecule has 0 aliphatic carbocycles. The summed E-state index contributed by atoms with van der Waals surface area (Å²) in [5, 5.41) is 10.3. The van der Waals surface area contributed by atoms with E-state index < -0.39 is 11.8 Å². The molecule has 1 rings (SSSR count). The summed E-state index contributed by atoms with van der Waals surface area (Å²) in [6.45, 7) is -1.06. The maximum atomic E-state index is 11.7. The minimum Gasteiger partial charge on any atom is -0.456 e. The van der Waals surface area contributed by atoms with Crippen LogP contribution in [0.15, 0.2) is 24.3 Å². The van der Waals surface area contributed by atoms with Gasteiger partial charge in [0.1, 0.15) is 0 Å². The van der Waals surface area contributed by atoms with Crippen molar-refractivity contribution < 1.29 is 14.1 Å². The van der Waals surface area contributed by atoms with Gasteiger partial charge in [-0.25, -0.2) is 4.39 Å². The predicted octanol–water partition coefficient (Wildman–Crippen LogP) is 1.90. The first-order valence-electron chi connectivity index (χ1n) is 3.18. The van der Waals surface area contributed by atoms with E-state index in [4.69, 9.17) is 0 Å². The summed E-state index contributed by atoms with van der Waals surface area (Å²) in [5.41, 5.74) is -0.227. The van der Waals surface area contributed by atoms with E-state index in [2.05, 4.69) is 4.74 Å². The molecule has 0 atom stereocenters. The van der Waals surface area contributed by atoms with E-state index in [0.29, 0.717) is 0 Å². The molecule has 0 N–H and O–H groups in total. The molecule has 0 aromatic heterocycles. The first kappa shape index (κ1) is 8.45. The summed E-state index contributed by atoms with van der Waals surface area (Å²) in [6.07, 6.45) is 0. The molecule has 0 radical (unpaired) electrons. The number of para-hydroxylation sites is 2. The molecule has 0 fully saturated rings. The molecule has 0 saturated heterocycles. The Morgan fingerprint density at radius 2 is 2.17 bits per heavy atom. The highest BCUT2D eigenvalue weighted by atomic mass is 19.1. The van der Waals surface area contributed by atoms with Crippen LogP contribution in [0.1, 0.15) is 0 Å². The highest BCUT2D eigenvalue weighted by Gasteiger charge is 2.12. The lowest BCUT2D eigenvalue weighted by molar-refractivity contribution is -0.386. The number of hydrogen-bond donors (Lipinski definition) is 0. The Hall–Kier alpha value is -1.65. The fraction of sp³-hybridized carbons (Fsp3) is 0.143. The minimum absolute atomic E-state index is 0.0509. The lowest BCUT2D eigenvalue weighted by Gasteiger charge is -2.00. The van der Waals surface area contributed by atoms with Gasteiger partial charge < -0.3 is 4.74 Å². The van der Waals surface area contributed by atoms with Gasteiger partial charge in [0.25, 0.3) is 0 Å². The Bertz CT molecular complexity index is 290. The summed E-state index contributed by atoms with van der Waals surface area (Å²) in [4.78, 5) is 9.68. The molecule has 64 valence electrons. The minimum atomic E-state index is -1.06. The normalized spacial score (nSPS) is 9.42. The van der Waals surface area contributed by atoms with Gasteiger partial charge in [0, 0.05) is 6.07 Å².